The van der Waals surface area contributed by atoms with Crippen molar-refractivity contribution in [3.63, 3.8) is 0 Å². The molecule has 1 aromatic rings. The van der Waals surface area contributed by atoms with Gasteiger partial charge in [0.1, 0.15) is 5.75 Å². The lowest BCUT2D eigenvalue weighted by atomic mass is 9.97. The average Bonchev–Trinajstić information content (AvgIpc) is 2.57. The van der Waals surface area contributed by atoms with E-state index in [1.165, 1.54) is 0 Å². The molecule has 0 atom stereocenters. The Morgan fingerprint density at radius 3 is 3.07 bits per heavy atom. The van der Waals surface area contributed by atoms with Crippen molar-refractivity contribution in [2.75, 3.05) is 6.61 Å². The van der Waals surface area contributed by atoms with Crippen LogP contribution in [0.2, 0.25) is 0 Å². The number of aliphatic carboxylic acids is 1. The van der Waals surface area contributed by atoms with E-state index in [4.69, 9.17) is 9.84 Å². The monoisotopic (exact) mass is 192 g/mol. The summed E-state index contributed by atoms with van der Waals surface area (Å²) in [5.41, 5.74) is 3.04. The molecule has 0 bridgehead atoms. The molecule has 1 aliphatic heterocycles. The van der Waals surface area contributed by atoms with E-state index in [1.54, 1.807) is 0 Å². The number of benzene rings is 1. The molecule has 3 nitrogen and oxygen atoms in total. The molecule has 2 rings (SSSR count). The van der Waals surface area contributed by atoms with Crippen LogP contribution in [0.1, 0.15) is 16.7 Å². The maximum atomic E-state index is 10.7. The van der Waals surface area contributed by atoms with Gasteiger partial charge in [-0.2, -0.15) is 0 Å². The smallest absolute Gasteiger partial charge is 0.307 e. The van der Waals surface area contributed by atoms with Gasteiger partial charge in [0.25, 0.3) is 0 Å². The molecule has 0 spiro atoms. The van der Waals surface area contributed by atoms with E-state index in [2.05, 4.69) is 0 Å². The Morgan fingerprint density at radius 2 is 2.36 bits per heavy atom. The van der Waals surface area contributed by atoms with Gasteiger partial charge in [-0.25, -0.2) is 0 Å². The summed E-state index contributed by atoms with van der Waals surface area (Å²) in [6.07, 6.45) is 0.929. The lowest BCUT2D eigenvalue weighted by Gasteiger charge is -2.08. The molecule has 0 fully saturated rings. The Morgan fingerprint density at radius 1 is 1.57 bits per heavy atom. The lowest BCUT2D eigenvalue weighted by molar-refractivity contribution is -0.136. The van der Waals surface area contributed by atoms with Crippen LogP contribution in [0.3, 0.4) is 0 Å². The van der Waals surface area contributed by atoms with Crippen molar-refractivity contribution in [2.45, 2.75) is 19.8 Å². The summed E-state index contributed by atoms with van der Waals surface area (Å²) in [6, 6.07) is 3.84. The summed E-state index contributed by atoms with van der Waals surface area (Å²) in [5, 5.41) is 8.78. The minimum absolute atomic E-state index is 0.0956. The van der Waals surface area contributed by atoms with Crippen molar-refractivity contribution in [1.29, 1.82) is 0 Å². The van der Waals surface area contributed by atoms with Crippen LogP contribution in [-0.2, 0) is 17.6 Å². The number of ether oxygens (including phenoxy) is 1. The second-order valence-corrected chi connectivity index (χ2v) is 3.51. The SMILES string of the molecule is Cc1ccc2c(c1CC(=O)O)CCO2. The Labute approximate surface area is 82.3 Å². The van der Waals surface area contributed by atoms with Crippen molar-refractivity contribution >= 4 is 5.97 Å². The fraction of sp³-hybridized carbons (Fsp3) is 0.364. The predicted molar refractivity (Wildman–Crippen MR) is 51.7 cm³/mol. The third-order valence-corrected chi connectivity index (χ3v) is 2.56. The zero-order valence-electron chi connectivity index (χ0n) is 8.04. The van der Waals surface area contributed by atoms with Gasteiger partial charge in [-0.3, -0.25) is 4.79 Å². The molecular weight excluding hydrogens is 180 g/mol. The maximum absolute atomic E-state index is 10.7. The molecule has 3 heteroatoms. The van der Waals surface area contributed by atoms with Crippen LogP contribution < -0.4 is 4.74 Å². The molecule has 0 saturated heterocycles. The number of rotatable bonds is 2. The molecular formula is C11H12O3. The molecule has 1 aromatic carbocycles. The van der Waals surface area contributed by atoms with Crippen molar-refractivity contribution in [2.24, 2.45) is 0 Å². The second-order valence-electron chi connectivity index (χ2n) is 3.51. The van der Waals surface area contributed by atoms with Crippen LogP contribution in [0.15, 0.2) is 12.1 Å². The first kappa shape index (κ1) is 9.06. The highest BCUT2D eigenvalue weighted by Crippen LogP contribution is 2.30. The van der Waals surface area contributed by atoms with Crippen molar-refractivity contribution in [3.05, 3.63) is 28.8 Å². The molecule has 0 aromatic heterocycles. The standard InChI is InChI=1S/C11H12O3/c1-7-2-3-10-8(4-5-14-10)9(7)6-11(12)13/h2-3H,4-6H2,1H3,(H,12,13). The van der Waals surface area contributed by atoms with Crippen molar-refractivity contribution < 1.29 is 14.6 Å². The first-order valence-electron chi connectivity index (χ1n) is 4.64. The molecule has 0 amide bonds. The van der Waals surface area contributed by atoms with E-state index in [9.17, 15) is 4.79 Å². The lowest BCUT2D eigenvalue weighted by Crippen LogP contribution is -2.04. The van der Waals surface area contributed by atoms with Gasteiger partial charge < -0.3 is 9.84 Å². The number of carbonyl (C=O) groups is 1. The van der Waals surface area contributed by atoms with E-state index >= 15 is 0 Å². The fourth-order valence-electron chi connectivity index (χ4n) is 1.86. The molecule has 1 heterocycles. The minimum atomic E-state index is -0.784. The number of fused-ring (bicyclic) bond motifs is 1. The normalized spacial score (nSPS) is 13.5. The summed E-state index contributed by atoms with van der Waals surface area (Å²) in [6.45, 7) is 2.61. The van der Waals surface area contributed by atoms with Crippen molar-refractivity contribution in [3.8, 4) is 5.75 Å². The zero-order valence-corrected chi connectivity index (χ0v) is 8.04. The van der Waals surface area contributed by atoms with Gasteiger partial charge in [-0.15, -0.1) is 0 Å². The van der Waals surface area contributed by atoms with Crippen LogP contribution in [-0.4, -0.2) is 17.7 Å². The summed E-state index contributed by atoms with van der Waals surface area (Å²) < 4.78 is 5.38. The molecule has 0 radical (unpaired) electrons. The first-order chi connectivity index (χ1) is 6.68. The van der Waals surface area contributed by atoms with Crippen LogP contribution in [0.25, 0.3) is 0 Å². The third-order valence-electron chi connectivity index (χ3n) is 2.56. The van der Waals surface area contributed by atoms with Crippen LogP contribution in [0.5, 0.6) is 5.75 Å². The van der Waals surface area contributed by atoms with Crippen LogP contribution in [0, 0.1) is 6.92 Å². The number of hydrogen-bond donors (Lipinski definition) is 1. The van der Waals surface area contributed by atoms with Gasteiger partial charge in [0.2, 0.25) is 0 Å². The topological polar surface area (TPSA) is 46.5 Å². The van der Waals surface area contributed by atoms with E-state index in [1.807, 2.05) is 19.1 Å². The minimum Gasteiger partial charge on any atom is -0.493 e. The van der Waals surface area contributed by atoms with Gasteiger partial charge in [0, 0.05) is 12.0 Å². The molecule has 0 aliphatic carbocycles. The van der Waals surface area contributed by atoms with Gasteiger partial charge in [0.05, 0.1) is 13.0 Å². The van der Waals surface area contributed by atoms with E-state index in [0.29, 0.717) is 6.61 Å². The summed E-state index contributed by atoms with van der Waals surface area (Å²) in [5.74, 6) is 0.0697. The van der Waals surface area contributed by atoms with E-state index in [-0.39, 0.29) is 6.42 Å². The van der Waals surface area contributed by atoms with Crippen molar-refractivity contribution in [1.82, 2.24) is 0 Å². The number of hydrogen-bond acceptors (Lipinski definition) is 2. The molecule has 1 N–H and O–H groups in total. The zero-order chi connectivity index (χ0) is 10.1. The highest BCUT2D eigenvalue weighted by atomic mass is 16.5. The fourth-order valence-corrected chi connectivity index (χ4v) is 1.86. The number of carboxylic acids is 1. The largest absolute Gasteiger partial charge is 0.493 e. The molecule has 1 aliphatic rings. The Hall–Kier alpha value is -1.51. The quantitative estimate of drug-likeness (QED) is 0.773. The van der Waals surface area contributed by atoms with Gasteiger partial charge in [-0.1, -0.05) is 6.07 Å². The van der Waals surface area contributed by atoms with Crippen LogP contribution >= 0.6 is 0 Å². The Kier molecular flexibility index (Phi) is 2.15. The molecule has 74 valence electrons. The van der Waals surface area contributed by atoms with Gasteiger partial charge >= 0.3 is 5.97 Å². The number of aryl methyl sites for hydroxylation is 1. The second kappa shape index (κ2) is 3.33. The molecule has 0 unspecified atom stereocenters. The first-order valence-corrected chi connectivity index (χ1v) is 4.64. The summed E-state index contributed by atoms with van der Waals surface area (Å²) in [7, 11) is 0. The average molecular weight is 192 g/mol. The van der Waals surface area contributed by atoms with E-state index in [0.717, 1.165) is 28.9 Å². The van der Waals surface area contributed by atoms with Crippen LogP contribution in [0.4, 0.5) is 0 Å². The molecule has 14 heavy (non-hydrogen) atoms. The summed E-state index contributed by atoms with van der Waals surface area (Å²) >= 11 is 0. The molecule has 0 saturated carbocycles. The maximum Gasteiger partial charge on any atom is 0.307 e. The number of carboxylic acid groups (broad SMARTS) is 1. The summed E-state index contributed by atoms with van der Waals surface area (Å²) in [4.78, 5) is 10.7. The van der Waals surface area contributed by atoms with Gasteiger partial charge in [0.15, 0.2) is 0 Å². The predicted octanol–water partition coefficient (Wildman–Crippen LogP) is 1.56. The van der Waals surface area contributed by atoms with Gasteiger partial charge in [-0.05, 0) is 24.1 Å². The Bertz CT molecular complexity index is 382. The highest BCUT2D eigenvalue weighted by Gasteiger charge is 2.18. The Balaban J connectivity index is 2.46. The highest BCUT2D eigenvalue weighted by molar-refractivity contribution is 5.72. The van der Waals surface area contributed by atoms with E-state index < -0.39 is 5.97 Å². The third kappa shape index (κ3) is 1.45.